The molecular weight excluding hydrogens is 392 g/mol. The number of nitrogens with one attached hydrogen (secondary N) is 1. The molecule has 6 nitrogen and oxygen atoms in total. The van der Waals surface area contributed by atoms with Crippen molar-refractivity contribution in [3.63, 3.8) is 0 Å². The summed E-state index contributed by atoms with van der Waals surface area (Å²) in [6.07, 6.45) is 9.38. The van der Waals surface area contributed by atoms with Crippen molar-refractivity contribution in [2.75, 3.05) is 19.8 Å². The standard InChI is InChI=1S/C22H23ClN2O4/c23-16-5-3-14(4-6-16)12-24-22(28)18-13-25-7-9-29-19-11-15(2-1-8-26)10-17(20(19)25)21(18)27/h3-5,10-11,13,16,26H,1-2,6-9,12H2,(H,24,28). The molecule has 1 atom stereocenters. The van der Waals surface area contributed by atoms with Gasteiger partial charge in [0, 0.05) is 19.3 Å². The SMILES string of the molecule is O=C(NCC1=CCC(Cl)C=C1)c1cn2c3c(cc(CCCO)cc3c1=O)OCC2. The third-order valence-corrected chi connectivity index (χ3v) is 5.56. The van der Waals surface area contributed by atoms with E-state index >= 15 is 0 Å². The number of ether oxygens (including phenoxy) is 1. The number of carbonyl (C=O) groups is 1. The molecule has 1 aliphatic carbocycles. The molecule has 0 radical (unpaired) electrons. The molecule has 1 unspecified atom stereocenters. The van der Waals surface area contributed by atoms with E-state index in [0.29, 0.717) is 43.7 Å². The molecule has 0 fully saturated rings. The van der Waals surface area contributed by atoms with Gasteiger partial charge in [-0.2, -0.15) is 0 Å². The number of alkyl halides is 1. The molecule has 0 spiro atoms. The first kappa shape index (κ1) is 19.7. The first-order chi connectivity index (χ1) is 14.1. The van der Waals surface area contributed by atoms with E-state index in [9.17, 15) is 9.59 Å². The zero-order valence-corrected chi connectivity index (χ0v) is 16.7. The lowest BCUT2D eigenvalue weighted by atomic mass is 10.0. The topological polar surface area (TPSA) is 80.6 Å². The second-order valence-corrected chi connectivity index (χ2v) is 7.86. The Morgan fingerprint density at radius 2 is 2.24 bits per heavy atom. The number of benzene rings is 1. The summed E-state index contributed by atoms with van der Waals surface area (Å²) in [5.41, 5.74) is 2.43. The molecule has 7 heteroatoms. The predicted octanol–water partition coefficient (Wildman–Crippen LogP) is 2.54. The van der Waals surface area contributed by atoms with Gasteiger partial charge in [-0.15, -0.1) is 11.6 Å². The number of nitrogens with zero attached hydrogens (tertiary/aromatic N) is 1. The molecule has 2 aromatic rings. The van der Waals surface area contributed by atoms with Crippen LogP contribution >= 0.6 is 11.6 Å². The van der Waals surface area contributed by atoms with Crippen LogP contribution in [0, 0.1) is 0 Å². The van der Waals surface area contributed by atoms with Gasteiger partial charge in [-0.1, -0.05) is 18.2 Å². The van der Waals surface area contributed by atoms with E-state index in [2.05, 4.69) is 5.32 Å². The van der Waals surface area contributed by atoms with Crippen molar-refractivity contribution in [1.82, 2.24) is 9.88 Å². The fourth-order valence-corrected chi connectivity index (χ4v) is 3.90. The maximum atomic E-state index is 13.1. The third kappa shape index (κ3) is 4.09. The van der Waals surface area contributed by atoms with Gasteiger partial charge < -0.3 is 19.7 Å². The van der Waals surface area contributed by atoms with Crippen LogP contribution in [0.5, 0.6) is 5.75 Å². The predicted molar refractivity (Wildman–Crippen MR) is 113 cm³/mol. The monoisotopic (exact) mass is 414 g/mol. The van der Waals surface area contributed by atoms with Crippen LogP contribution in [0.25, 0.3) is 10.9 Å². The zero-order chi connectivity index (χ0) is 20.4. The van der Waals surface area contributed by atoms with Crippen LogP contribution in [0.2, 0.25) is 0 Å². The van der Waals surface area contributed by atoms with Crippen molar-refractivity contribution in [3.05, 3.63) is 63.5 Å². The van der Waals surface area contributed by atoms with Gasteiger partial charge in [0.05, 0.1) is 22.8 Å². The molecule has 2 aliphatic rings. The van der Waals surface area contributed by atoms with Crippen LogP contribution in [-0.2, 0) is 13.0 Å². The van der Waals surface area contributed by atoms with E-state index in [0.717, 1.165) is 23.1 Å². The molecule has 0 saturated carbocycles. The van der Waals surface area contributed by atoms with E-state index in [4.69, 9.17) is 21.4 Å². The summed E-state index contributed by atoms with van der Waals surface area (Å²) in [6.45, 7) is 1.48. The Labute approximate surface area is 173 Å². The molecule has 1 aromatic carbocycles. The highest BCUT2D eigenvalue weighted by molar-refractivity contribution is 6.22. The van der Waals surface area contributed by atoms with Crippen molar-refractivity contribution in [3.8, 4) is 5.75 Å². The van der Waals surface area contributed by atoms with Crippen LogP contribution in [0.15, 0.2) is 46.9 Å². The quantitative estimate of drug-likeness (QED) is 0.712. The van der Waals surface area contributed by atoms with E-state index in [1.54, 1.807) is 6.20 Å². The van der Waals surface area contributed by atoms with Crippen molar-refractivity contribution in [1.29, 1.82) is 0 Å². The number of hydrogen-bond donors (Lipinski definition) is 2. The van der Waals surface area contributed by atoms with E-state index < -0.39 is 5.91 Å². The average Bonchev–Trinajstić information content (AvgIpc) is 2.74. The van der Waals surface area contributed by atoms with Gasteiger partial charge in [0.2, 0.25) is 5.43 Å². The van der Waals surface area contributed by atoms with Crippen molar-refractivity contribution in [2.45, 2.75) is 31.2 Å². The van der Waals surface area contributed by atoms with Gasteiger partial charge >= 0.3 is 0 Å². The van der Waals surface area contributed by atoms with Gasteiger partial charge in [-0.05, 0) is 42.5 Å². The van der Waals surface area contributed by atoms with Crippen LogP contribution in [0.1, 0.15) is 28.8 Å². The number of amides is 1. The minimum absolute atomic E-state index is 0.0101. The van der Waals surface area contributed by atoms with Crippen molar-refractivity contribution < 1.29 is 14.6 Å². The smallest absolute Gasteiger partial charge is 0.257 e. The molecule has 1 amide bonds. The van der Waals surface area contributed by atoms with E-state index in [-0.39, 0.29) is 23.0 Å². The number of carbonyl (C=O) groups excluding carboxylic acids is 1. The molecule has 2 N–H and O–H groups in total. The van der Waals surface area contributed by atoms with Crippen molar-refractivity contribution >= 4 is 28.4 Å². The fourth-order valence-electron chi connectivity index (χ4n) is 3.74. The van der Waals surface area contributed by atoms with Crippen LogP contribution in [0.3, 0.4) is 0 Å². The molecule has 0 saturated heterocycles. The zero-order valence-electron chi connectivity index (χ0n) is 16.0. The van der Waals surface area contributed by atoms with Crippen LogP contribution in [0.4, 0.5) is 0 Å². The molecule has 2 heterocycles. The number of aliphatic hydroxyl groups excluding tert-OH is 1. The van der Waals surface area contributed by atoms with Gasteiger partial charge in [-0.3, -0.25) is 9.59 Å². The number of halogens is 1. The first-order valence-electron chi connectivity index (χ1n) is 9.80. The Morgan fingerprint density at radius 1 is 1.38 bits per heavy atom. The third-order valence-electron chi connectivity index (χ3n) is 5.23. The van der Waals surface area contributed by atoms with E-state index in [1.807, 2.05) is 34.9 Å². The Bertz CT molecular complexity index is 1070. The summed E-state index contributed by atoms with van der Waals surface area (Å²) in [6, 6.07) is 3.73. The minimum atomic E-state index is -0.392. The maximum absolute atomic E-state index is 13.1. The summed E-state index contributed by atoms with van der Waals surface area (Å²) < 4.78 is 7.67. The highest BCUT2D eigenvalue weighted by Crippen LogP contribution is 2.29. The second-order valence-electron chi connectivity index (χ2n) is 7.30. The van der Waals surface area contributed by atoms with Crippen LogP contribution in [-0.4, -0.2) is 40.7 Å². The highest BCUT2D eigenvalue weighted by Gasteiger charge is 2.21. The molecule has 1 aliphatic heterocycles. The normalized spacial score (nSPS) is 17.7. The van der Waals surface area contributed by atoms with Gasteiger partial charge in [0.15, 0.2) is 0 Å². The molecule has 152 valence electrons. The number of allylic oxidation sites excluding steroid dienone is 2. The second kappa shape index (κ2) is 8.43. The lowest BCUT2D eigenvalue weighted by Crippen LogP contribution is -2.32. The summed E-state index contributed by atoms with van der Waals surface area (Å²) >= 11 is 6.03. The molecule has 1 aromatic heterocycles. The number of pyridine rings is 1. The van der Waals surface area contributed by atoms with Crippen molar-refractivity contribution in [2.24, 2.45) is 0 Å². The highest BCUT2D eigenvalue weighted by atomic mass is 35.5. The van der Waals surface area contributed by atoms with Gasteiger partial charge in [-0.25, -0.2) is 0 Å². The lowest BCUT2D eigenvalue weighted by molar-refractivity contribution is 0.0955. The Balaban J connectivity index is 1.66. The Kier molecular flexibility index (Phi) is 5.74. The average molecular weight is 415 g/mol. The number of rotatable bonds is 6. The van der Waals surface area contributed by atoms with Gasteiger partial charge in [0.25, 0.3) is 5.91 Å². The Morgan fingerprint density at radius 3 is 3.00 bits per heavy atom. The summed E-state index contributed by atoms with van der Waals surface area (Å²) in [7, 11) is 0. The summed E-state index contributed by atoms with van der Waals surface area (Å²) in [5, 5.41) is 12.4. The number of hydrogen-bond acceptors (Lipinski definition) is 4. The molecule has 0 bridgehead atoms. The number of aliphatic hydroxyl groups is 1. The first-order valence-corrected chi connectivity index (χ1v) is 10.2. The van der Waals surface area contributed by atoms with Gasteiger partial charge in [0.1, 0.15) is 17.9 Å². The minimum Gasteiger partial charge on any atom is -0.490 e. The summed E-state index contributed by atoms with van der Waals surface area (Å²) in [5.74, 6) is 0.260. The molecule has 29 heavy (non-hydrogen) atoms. The molecular formula is C22H23ClN2O4. The summed E-state index contributed by atoms with van der Waals surface area (Å²) in [4.78, 5) is 25.9. The van der Waals surface area contributed by atoms with E-state index in [1.165, 1.54) is 0 Å². The Hall–Kier alpha value is -2.57. The fraction of sp³-hybridized carbons (Fsp3) is 0.364. The number of aryl methyl sites for hydroxylation is 1. The molecule has 4 rings (SSSR count). The number of aromatic nitrogens is 1. The largest absolute Gasteiger partial charge is 0.490 e. The maximum Gasteiger partial charge on any atom is 0.257 e. The van der Waals surface area contributed by atoms with Crippen LogP contribution < -0.4 is 15.5 Å². The lowest BCUT2D eigenvalue weighted by Gasteiger charge is -2.22.